The summed E-state index contributed by atoms with van der Waals surface area (Å²) in [6.45, 7) is 6.57. The molecule has 1 unspecified atom stereocenters. The second-order valence-electron chi connectivity index (χ2n) is 8.74. The van der Waals surface area contributed by atoms with Crippen LogP contribution in [-0.2, 0) is 6.54 Å². The third kappa shape index (κ3) is 7.08. The van der Waals surface area contributed by atoms with Gasteiger partial charge in [-0.3, -0.25) is 4.90 Å². The number of hydrogen-bond donors (Lipinski definition) is 2. The van der Waals surface area contributed by atoms with E-state index in [0.29, 0.717) is 17.5 Å². The van der Waals surface area contributed by atoms with Crippen molar-refractivity contribution in [2.24, 2.45) is 11.8 Å². The molecular weight excluding hydrogens is 443 g/mol. The van der Waals surface area contributed by atoms with Crippen LogP contribution < -0.4 is 5.32 Å². The molecule has 32 heavy (non-hydrogen) atoms. The van der Waals surface area contributed by atoms with E-state index in [2.05, 4.69) is 53.5 Å². The van der Waals surface area contributed by atoms with Gasteiger partial charge in [-0.1, -0.05) is 61.0 Å². The number of nitrogens with one attached hydrogen (secondary N) is 1. The van der Waals surface area contributed by atoms with Crippen LogP contribution >= 0.6 is 24.8 Å². The summed E-state index contributed by atoms with van der Waals surface area (Å²) in [6, 6.07) is 18.6. The van der Waals surface area contributed by atoms with E-state index < -0.39 is 5.97 Å². The summed E-state index contributed by atoms with van der Waals surface area (Å²) in [5.74, 6) is 0.623. The van der Waals surface area contributed by atoms with Crippen molar-refractivity contribution in [2.45, 2.75) is 38.8 Å². The van der Waals surface area contributed by atoms with Crippen molar-refractivity contribution < 1.29 is 9.90 Å². The van der Waals surface area contributed by atoms with E-state index >= 15 is 0 Å². The van der Waals surface area contributed by atoms with E-state index in [0.717, 1.165) is 38.5 Å². The number of hydrogen-bond acceptors (Lipinski definition) is 3. The van der Waals surface area contributed by atoms with E-state index in [1.54, 1.807) is 17.7 Å². The maximum Gasteiger partial charge on any atom is 0.335 e. The van der Waals surface area contributed by atoms with Crippen LogP contribution in [0.1, 0.15) is 47.7 Å². The zero-order valence-corrected chi connectivity index (χ0v) is 20.2. The Morgan fingerprint density at radius 3 is 2.41 bits per heavy atom. The Bertz CT molecular complexity index is 880. The molecule has 0 amide bonds. The molecule has 2 aliphatic rings. The minimum atomic E-state index is -0.863. The Morgan fingerprint density at radius 2 is 1.78 bits per heavy atom. The van der Waals surface area contributed by atoms with Crippen molar-refractivity contribution >= 4 is 36.9 Å². The monoisotopic (exact) mass is 476 g/mol. The van der Waals surface area contributed by atoms with Crippen molar-refractivity contribution in [1.82, 2.24) is 10.2 Å². The van der Waals surface area contributed by atoms with Crippen molar-refractivity contribution in [3.8, 4) is 0 Å². The number of halogens is 2. The van der Waals surface area contributed by atoms with Crippen molar-refractivity contribution in [2.75, 3.05) is 19.6 Å². The maximum atomic E-state index is 10.9. The van der Waals surface area contributed by atoms with E-state index in [1.165, 1.54) is 24.0 Å². The maximum absolute atomic E-state index is 10.9. The number of nitrogens with zero attached hydrogens (tertiary/aromatic N) is 1. The van der Waals surface area contributed by atoms with E-state index in [1.807, 2.05) is 12.1 Å². The Hall–Kier alpha value is -1.85. The fourth-order valence-electron chi connectivity index (χ4n) is 4.54. The van der Waals surface area contributed by atoms with Crippen molar-refractivity contribution in [3.63, 3.8) is 0 Å². The SMILES string of the molecule is CCC(=Cc1ccccc1)C1C[C@@H]1NCCC1CN(Cc2ccc(C(=O)O)cc2)C1.Cl.Cl. The Morgan fingerprint density at radius 1 is 1.09 bits per heavy atom. The molecule has 1 aliphatic carbocycles. The first-order chi connectivity index (χ1) is 14.6. The molecule has 6 heteroatoms. The predicted molar refractivity (Wildman–Crippen MR) is 136 cm³/mol. The highest BCUT2D eigenvalue weighted by Gasteiger charge is 2.38. The van der Waals surface area contributed by atoms with Crippen LogP contribution in [0.3, 0.4) is 0 Å². The standard InChI is InChI=1S/C26H32N2O2.2ClH/c1-2-22(14-19-6-4-3-5-7-19)24-15-25(24)27-13-12-21-17-28(18-21)16-20-8-10-23(11-9-20)26(29)30;;/h3-11,14,21,24-25,27H,2,12-13,15-18H2,1H3,(H,29,30);2*1H/t24?,25-;;/m0../s1. The molecule has 0 radical (unpaired) electrons. The van der Waals surface area contributed by atoms with Gasteiger partial charge in [0.05, 0.1) is 5.56 Å². The molecular formula is C26H34Cl2N2O2. The molecule has 2 atom stereocenters. The van der Waals surface area contributed by atoms with Crippen molar-refractivity contribution in [3.05, 3.63) is 76.9 Å². The van der Waals surface area contributed by atoms with Gasteiger partial charge in [0.15, 0.2) is 0 Å². The average Bonchev–Trinajstić information content (AvgIpc) is 3.50. The van der Waals surface area contributed by atoms with Crippen molar-refractivity contribution in [1.29, 1.82) is 0 Å². The molecule has 4 rings (SSSR count). The smallest absolute Gasteiger partial charge is 0.335 e. The van der Waals surface area contributed by atoms with E-state index in [4.69, 9.17) is 5.11 Å². The molecule has 1 saturated heterocycles. The van der Waals surface area contributed by atoms with Crippen LogP contribution in [0.5, 0.6) is 0 Å². The molecule has 2 aromatic carbocycles. The highest BCUT2D eigenvalue weighted by molar-refractivity contribution is 5.87. The second-order valence-corrected chi connectivity index (χ2v) is 8.74. The van der Waals surface area contributed by atoms with Crippen LogP contribution in [0.2, 0.25) is 0 Å². The van der Waals surface area contributed by atoms with E-state index in [-0.39, 0.29) is 24.8 Å². The van der Waals surface area contributed by atoms with Crippen LogP contribution in [0.25, 0.3) is 6.08 Å². The van der Waals surface area contributed by atoms with Gasteiger partial charge in [0.2, 0.25) is 0 Å². The lowest BCUT2D eigenvalue weighted by atomic mass is 9.95. The summed E-state index contributed by atoms with van der Waals surface area (Å²) in [5.41, 5.74) is 4.43. The molecule has 1 aliphatic heterocycles. The van der Waals surface area contributed by atoms with Crippen LogP contribution in [0, 0.1) is 11.8 Å². The van der Waals surface area contributed by atoms with Gasteiger partial charge in [0, 0.05) is 25.7 Å². The molecule has 0 bridgehead atoms. The first kappa shape index (κ1) is 26.4. The number of benzene rings is 2. The molecule has 2 aromatic rings. The topological polar surface area (TPSA) is 52.6 Å². The minimum absolute atomic E-state index is 0. The molecule has 0 aromatic heterocycles. The quantitative estimate of drug-likeness (QED) is 0.473. The molecule has 0 spiro atoms. The molecule has 1 heterocycles. The van der Waals surface area contributed by atoms with Gasteiger partial charge in [-0.05, 0) is 60.9 Å². The lowest BCUT2D eigenvalue weighted by Gasteiger charge is -2.39. The third-order valence-electron chi connectivity index (χ3n) is 6.43. The largest absolute Gasteiger partial charge is 0.478 e. The second kappa shape index (κ2) is 12.4. The molecule has 1 saturated carbocycles. The first-order valence-corrected chi connectivity index (χ1v) is 11.2. The first-order valence-electron chi connectivity index (χ1n) is 11.2. The summed E-state index contributed by atoms with van der Waals surface area (Å²) < 4.78 is 0. The van der Waals surface area contributed by atoms with E-state index in [9.17, 15) is 4.79 Å². The highest BCUT2D eigenvalue weighted by Crippen LogP contribution is 2.39. The zero-order chi connectivity index (χ0) is 20.9. The highest BCUT2D eigenvalue weighted by atomic mass is 35.5. The molecule has 2 fully saturated rings. The third-order valence-corrected chi connectivity index (χ3v) is 6.43. The van der Waals surface area contributed by atoms with Gasteiger partial charge >= 0.3 is 5.97 Å². The zero-order valence-electron chi connectivity index (χ0n) is 18.6. The summed E-state index contributed by atoms with van der Waals surface area (Å²) in [6.07, 6.45) is 6.01. The predicted octanol–water partition coefficient (Wildman–Crippen LogP) is 5.52. The summed E-state index contributed by atoms with van der Waals surface area (Å²) in [7, 11) is 0. The number of carboxylic acids is 1. The van der Waals surface area contributed by atoms with Gasteiger partial charge in [-0.15, -0.1) is 24.8 Å². The molecule has 174 valence electrons. The van der Waals surface area contributed by atoms with Gasteiger partial charge in [-0.2, -0.15) is 0 Å². The Balaban J connectivity index is 0.00000181. The van der Waals surface area contributed by atoms with Gasteiger partial charge in [0.25, 0.3) is 0 Å². The molecule has 4 nitrogen and oxygen atoms in total. The van der Waals surface area contributed by atoms with Crippen LogP contribution in [0.4, 0.5) is 0 Å². The number of aromatic carboxylic acids is 1. The number of carboxylic acid groups (broad SMARTS) is 1. The van der Waals surface area contributed by atoms with Gasteiger partial charge < -0.3 is 10.4 Å². The van der Waals surface area contributed by atoms with Crippen LogP contribution in [0.15, 0.2) is 60.2 Å². The average molecular weight is 477 g/mol. The fourth-order valence-corrected chi connectivity index (χ4v) is 4.54. The number of rotatable bonds is 10. The minimum Gasteiger partial charge on any atom is -0.478 e. The summed E-state index contributed by atoms with van der Waals surface area (Å²) in [5, 5.41) is 12.8. The Kier molecular flexibility index (Phi) is 10.2. The lowest BCUT2D eigenvalue weighted by Crippen LogP contribution is -2.46. The molecule has 2 N–H and O–H groups in total. The number of likely N-dealkylation sites (tertiary alicyclic amines) is 1. The summed E-state index contributed by atoms with van der Waals surface area (Å²) in [4.78, 5) is 13.4. The Labute approximate surface area is 203 Å². The van der Waals surface area contributed by atoms with Crippen LogP contribution in [-0.4, -0.2) is 41.7 Å². The van der Waals surface area contributed by atoms with Gasteiger partial charge in [-0.25, -0.2) is 4.79 Å². The summed E-state index contributed by atoms with van der Waals surface area (Å²) >= 11 is 0. The normalized spacial score (nSPS) is 20.6. The lowest BCUT2D eigenvalue weighted by molar-refractivity contribution is 0.0696. The fraction of sp³-hybridized carbons (Fsp3) is 0.423. The number of carbonyl (C=O) groups is 1. The van der Waals surface area contributed by atoms with Gasteiger partial charge in [0.1, 0.15) is 0 Å².